The van der Waals surface area contributed by atoms with Crippen LogP contribution in [0.25, 0.3) is 0 Å². The fourth-order valence-corrected chi connectivity index (χ4v) is 2.20. The van der Waals surface area contributed by atoms with E-state index in [9.17, 15) is 14.4 Å². The summed E-state index contributed by atoms with van der Waals surface area (Å²) in [6.07, 6.45) is -0.0951. The SMILES string of the molecule is CCOc1ccc(NC(=O)C[C@@H]2NC(=O)CN(C)C2=O)cc1. The molecule has 0 spiro atoms. The fourth-order valence-electron chi connectivity index (χ4n) is 2.20. The number of nitrogens with one attached hydrogen (secondary N) is 2. The molecule has 0 unspecified atom stereocenters. The number of anilines is 1. The van der Waals surface area contributed by atoms with Crippen LogP contribution in [0.4, 0.5) is 5.69 Å². The maximum atomic E-state index is 12.0. The van der Waals surface area contributed by atoms with Crippen LogP contribution >= 0.6 is 0 Å². The summed E-state index contributed by atoms with van der Waals surface area (Å²) in [6, 6.07) is 6.13. The molecule has 0 bridgehead atoms. The minimum atomic E-state index is -0.811. The molecule has 0 aliphatic carbocycles. The highest BCUT2D eigenvalue weighted by atomic mass is 16.5. The van der Waals surface area contributed by atoms with Gasteiger partial charge in [-0.2, -0.15) is 0 Å². The number of carbonyl (C=O) groups is 3. The van der Waals surface area contributed by atoms with Crippen LogP contribution in [-0.4, -0.2) is 48.9 Å². The van der Waals surface area contributed by atoms with Crippen molar-refractivity contribution in [1.82, 2.24) is 10.2 Å². The molecule has 1 aromatic rings. The maximum Gasteiger partial charge on any atom is 0.245 e. The number of piperazine rings is 1. The van der Waals surface area contributed by atoms with E-state index in [4.69, 9.17) is 4.74 Å². The average molecular weight is 305 g/mol. The molecule has 0 saturated carbocycles. The van der Waals surface area contributed by atoms with Crippen LogP contribution in [0.5, 0.6) is 5.75 Å². The molecule has 1 atom stereocenters. The van der Waals surface area contributed by atoms with Crippen LogP contribution in [0.1, 0.15) is 13.3 Å². The molecule has 7 nitrogen and oxygen atoms in total. The zero-order valence-corrected chi connectivity index (χ0v) is 12.6. The summed E-state index contributed by atoms with van der Waals surface area (Å²) in [5, 5.41) is 5.22. The highest BCUT2D eigenvalue weighted by Gasteiger charge is 2.31. The summed E-state index contributed by atoms with van der Waals surface area (Å²) >= 11 is 0. The van der Waals surface area contributed by atoms with Crippen molar-refractivity contribution in [2.24, 2.45) is 0 Å². The first-order valence-electron chi connectivity index (χ1n) is 7.06. The Labute approximate surface area is 128 Å². The zero-order valence-electron chi connectivity index (χ0n) is 12.6. The van der Waals surface area contributed by atoms with Gasteiger partial charge in [-0.1, -0.05) is 0 Å². The summed E-state index contributed by atoms with van der Waals surface area (Å²) in [4.78, 5) is 36.6. The van der Waals surface area contributed by atoms with E-state index >= 15 is 0 Å². The van der Waals surface area contributed by atoms with Gasteiger partial charge in [0.2, 0.25) is 17.7 Å². The first kappa shape index (κ1) is 15.8. The first-order chi connectivity index (χ1) is 10.5. The maximum absolute atomic E-state index is 12.0. The lowest BCUT2D eigenvalue weighted by Crippen LogP contribution is -2.57. The lowest BCUT2D eigenvalue weighted by Gasteiger charge is -2.29. The Bertz CT molecular complexity index is 571. The Kier molecular flexibility index (Phi) is 4.98. The van der Waals surface area contributed by atoms with E-state index in [1.807, 2.05) is 6.92 Å². The fraction of sp³-hybridized carbons (Fsp3) is 0.400. The van der Waals surface area contributed by atoms with Crippen LogP contribution in [0.2, 0.25) is 0 Å². The van der Waals surface area contributed by atoms with Crippen LogP contribution in [-0.2, 0) is 14.4 Å². The van der Waals surface area contributed by atoms with Crippen molar-refractivity contribution in [2.45, 2.75) is 19.4 Å². The quantitative estimate of drug-likeness (QED) is 0.823. The molecule has 118 valence electrons. The largest absolute Gasteiger partial charge is 0.494 e. The van der Waals surface area contributed by atoms with E-state index in [1.165, 1.54) is 4.90 Å². The summed E-state index contributed by atoms with van der Waals surface area (Å²) in [5.41, 5.74) is 0.608. The lowest BCUT2D eigenvalue weighted by molar-refractivity contribution is -0.143. The molecule has 1 heterocycles. The third kappa shape index (κ3) is 3.97. The van der Waals surface area contributed by atoms with Crippen LogP contribution in [0.3, 0.4) is 0 Å². The van der Waals surface area contributed by atoms with Crippen molar-refractivity contribution in [3.63, 3.8) is 0 Å². The Balaban J connectivity index is 1.92. The molecule has 1 fully saturated rings. The van der Waals surface area contributed by atoms with E-state index in [-0.39, 0.29) is 30.7 Å². The monoisotopic (exact) mass is 305 g/mol. The second-order valence-corrected chi connectivity index (χ2v) is 5.02. The van der Waals surface area contributed by atoms with Gasteiger partial charge in [0.05, 0.1) is 19.6 Å². The van der Waals surface area contributed by atoms with Crippen molar-refractivity contribution >= 4 is 23.4 Å². The molecule has 3 amide bonds. The topological polar surface area (TPSA) is 87.7 Å². The van der Waals surface area contributed by atoms with Gasteiger partial charge in [0.15, 0.2) is 0 Å². The van der Waals surface area contributed by atoms with Crippen molar-refractivity contribution in [3.05, 3.63) is 24.3 Å². The van der Waals surface area contributed by atoms with Gasteiger partial charge >= 0.3 is 0 Å². The minimum Gasteiger partial charge on any atom is -0.494 e. The third-order valence-corrected chi connectivity index (χ3v) is 3.23. The molecule has 2 rings (SSSR count). The molecule has 2 N–H and O–H groups in total. The normalized spacial score (nSPS) is 17.9. The van der Waals surface area contributed by atoms with Gasteiger partial charge in [0, 0.05) is 12.7 Å². The third-order valence-electron chi connectivity index (χ3n) is 3.23. The first-order valence-corrected chi connectivity index (χ1v) is 7.06. The number of hydrogen-bond donors (Lipinski definition) is 2. The van der Waals surface area contributed by atoms with Gasteiger partial charge in [0.1, 0.15) is 11.8 Å². The van der Waals surface area contributed by atoms with Gasteiger partial charge in [-0.05, 0) is 31.2 Å². The summed E-state index contributed by atoms with van der Waals surface area (Å²) in [7, 11) is 1.54. The number of nitrogens with zero attached hydrogens (tertiary/aromatic N) is 1. The predicted molar refractivity (Wildman–Crippen MR) is 80.4 cm³/mol. The molecule has 1 aliphatic rings. The number of amides is 3. The molecular weight excluding hydrogens is 286 g/mol. The number of rotatable bonds is 5. The molecule has 0 aromatic heterocycles. The van der Waals surface area contributed by atoms with E-state index in [2.05, 4.69) is 10.6 Å². The van der Waals surface area contributed by atoms with Crippen molar-refractivity contribution in [3.8, 4) is 5.75 Å². The van der Waals surface area contributed by atoms with Crippen LogP contribution in [0, 0.1) is 0 Å². The number of hydrogen-bond acceptors (Lipinski definition) is 4. The standard InChI is InChI=1S/C15H19N3O4/c1-3-22-11-6-4-10(5-7-11)16-13(19)8-12-15(21)18(2)9-14(20)17-12/h4-7,12H,3,8-9H2,1-2H3,(H,16,19)(H,17,20)/t12-/m0/s1. The summed E-state index contributed by atoms with van der Waals surface area (Å²) in [5.74, 6) is -0.141. The molecule has 0 radical (unpaired) electrons. The predicted octanol–water partition coefficient (Wildman–Crippen LogP) is 0.371. The number of likely N-dealkylation sites (N-methyl/N-ethyl adjacent to an activating group) is 1. The smallest absolute Gasteiger partial charge is 0.245 e. The number of ether oxygens (including phenoxy) is 1. The minimum absolute atomic E-state index is 0.0237. The van der Waals surface area contributed by atoms with Gasteiger partial charge in [-0.15, -0.1) is 0 Å². The van der Waals surface area contributed by atoms with Crippen LogP contribution < -0.4 is 15.4 Å². The molecule has 1 aromatic carbocycles. The Morgan fingerprint density at radius 2 is 2.05 bits per heavy atom. The molecule has 1 saturated heterocycles. The Morgan fingerprint density at radius 1 is 1.36 bits per heavy atom. The highest BCUT2D eigenvalue weighted by molar-refractivity contribution is 6.00. The number of benzene rings is 1. The summed E-state index contributed by atoms with van der Waals surface area (Å²) < 4.78 is 5.31. The zero-order chi connectivity index (χ0) is 16.1. The van der Waals surface area contributed by atoms with Crippen molar-refractivity contribution in [1.29, 1.82) is 0 Å². The Hall–Kier alpha value is -2.57. The molecular formula is C15H19N3O4. The second-order valence-electron chi connectivity index (χ2n) is 5.02. The highest BCUT2D eigenvalue weighted by Crippen LogP contribution is 2.16. The van der Waals surface area contributed by atoms with Gasteiger partial charge in [0.25, 0.3) is 0 Å². The van der Waals surface area contributed by atoms with Crippen molar-refractivity contribution < 1.29 is 19.1 Å². The van der Waals surface area contributed by atoms with Crippen molar-refractivity contribution in [2.75, 3.05) is 25.5 Å². The lowest BCUT2D eigenvalue weighted by atomic mass is 10.1. The van der Waals surface area contributed by atoms with Gasteiger partial charge < -0.3 is 20.3 Å². The van der Waals surface area contributed by atoms with E-state index in [0.29, 0.717) is 12.3 Å². The molecule has 22 heavy (non-hydrogen) atoms. The molecule has 7 heteroatoms. The van der Waals surface area contributed by atoms with Crippen LogP contribution in [0.15, 0.2) is 24.3 Å². The average Bonchev–Trinajstić information content (AvgIpc) is 2.46. The van der Waals surface area contributed by atoms with E-state index in [1.54, 1.807) is 31.3 Å². The summed E-state index contributed by atoms with van der Waals surface area (Å²) in [6.45, 7) is 2.49. The van der Waals surface area contributed by atoms with Gasteiger partial charge in [-0.25, -0.2) is 0 Å². The van der Waals surface area contributed by atoms with E-state index in [0.717, 1.165) is 5.75 Å². The number of carbonyl (C=O) groups excluding carboxylic acids is 3. The second kappa shape index (κ2) is 6.93. The van der Waals surface area contributed by atoms with E-state index < -0.39 is 6.04 Å². The Morgan fingerprint density at radius 3 is 2.68 bits per heavy atom. The van der Waals surface area contributed by atoms with Gasteiger partial charge in [-0.3, -0.25) is 14.4 Å². The molecule has 1 aliphatic heterocycles.